The molecule has 26 heavy (non-hydrogen) atoms. The van der Waals surface area contributed by atoms with Crippen LogP contribution in [0.5, 0.6) is 0 Å². The second-order valence-electron chi connectivity index (χ2n) is 5.79. The molecular formula is C18H16N6O2. The maximum Gasteiger partial charge on any atom is 0.258 e. The highest BCUT2D eigenvalue weighted by atomic mass is 16.5. The fourth-order valence-corrected chi connectivity index (χ4v) is 2.70. The molecule has 130 valence electrons. The molecule has 4 rings (SSSR count). The van der Waals surface area contributed by atoms with Gasteiger partial charge in [0.05, 0.1) is 5.52 Å². The summed E-state index contributed by atoms with van der Waals surface area (Å²) in [6.07, 6.45) is 0. The van der Waals surface area contributed by atoms with E-state index >= 15 is 0 Å². The normalized spacial score (nSPS) is 11.0. The third kappa shape index (κ3) is 2.92. The predicted octanol–water partition coefficient (Wildman–Crippen LogP) is 3.13. The monoisotopic (exact) mass is 348 g/mol. The molecule has 0 aliphatic carbocycles. The molecule has 2 heterocycles. The van der Waals surface area contributed by atoms with Gasteiger partial charge in [-0.2, -0.15) is 4.98 Å². The third-order valence-electron chi connectivity index (χ3n) is 3.95. The van der Waals surface area contributed by atoms with Crippen molar-refractivity contribution >= 4 is 22.6 Å². The Hall–Kier alpha value is -3.55. The van der Waals surface area contributed by atoms with Crippen molar-refractivity contribution in [2.24, 2.45) is 0 Å². The van der Waals surface area contributed by atoms with Crippen molar-refractivity contribution in [2.75, 3.05) is 5.32 Å². The molecule has 0 saturated heterocycles. The zero-order valence-corrected chi connectivity index (χ0v) is 14.3. The second kappa shape index (κ2) is 6.40. The van der Waals surface area contributed by atoms with Crippen molar-refractivity contribution in [1.29, 1.82) is 0 Å². The van der Waals surface area contributed by atoms with Crippen molar-refractivity contribution < 1.29 is 9.32 Å². The molecule has 1 amide bonds. The number of nitrogens with zero attached hydrogens (tertiary/aromatic N) is 5. The number of amides is 1. The fourth-order valence-electron chi connectivity index (χ4n) is 2.70. The van der Waals surface area contributed by atoms with E-state index < -0.39 is 0 Å². The Labute approximate surface area is 148 Å². The highest BCUT2D eigenvalue weighted by Gasteiger charge is 2.13. The van der Waals surface area contributed by atoms with E-state index in [1.165, 1.54) is 6.92 Å². The summed E-state index contributed by atoms with van der Waals surface area (Å²) in [7, 11) is 0. The summed E-state index contributed by atoms with van der Waals surface area (Å²) in [4.78, 5) is 15.5. The van der Waals surface area contributed by atoms with Gasteiger partial charge < -0.3 is 9.84 Å². The van der Waals surface area contributed by atoms with E-state index in [1.807, 2.05) is 41.9 Å². The van der Waals surface area contributed by atoms with Crippen LogP contribution in [0.3, 0.4) is 0 Å². The SMILES string of the molecule is CCn1nnc2cc(-c3noc(-c4ccc(NC(C)=O)cc4)n3)ccc21. The Morgan fingerprint density at radius 2 is 1.92 bits per heavy atom. The first-order valence-electron chi connectivity index (χ1n) is 8.19. The van der Waals surface area contributed by atoms with Crippen molar-refractivity contribution in [1.82, 2.24) is 25.1 Å². The molecule has 8 nitrogen and oxygen atoms in total. The molecule has 0 aliphatic rings. The average Bonchev–Trinajstić information content (AvgIpc) is 3.28. The van der Waals surface area contributed by atoms with Gasteiger partial charge in [0, 0.05) is 30.3 Å². The Morgan fingerprint density at radius 1 is 1.15 bits per heavy atom. The zero-order chi connectivity index (χ0) is 18.1. The van der Waals surface area contributed by atoms with Crippen molar-refractivity contribution in [3.05, 3.63) is 42.5 Å². The minimum atomic E-state index is -0.117. The standard InChI is InChI=1S/C18H16N6O2/c1-3-24-16-9-6-13(10-15(16)21-23-24)17-20-18(26-22-17)12-4-7-14(8-5-12)19-11(2)25/h4-10H,3H2,1-2H3,(H,19,25). The molecule has 0 radical (unpaired) electrons. The van der Waals surface area contributed by atoms with Gasteiger partial charge in [-0.1, -0.05) is 10.4 Å². The first kappa shape index (κ1) is 15.9. The first-order valence-corrected chi connectivity index (χ1v) is 8.19. The van der Waals surface area contributed by atoms with E-state index in [9.17, 15) is 4.79 Å². The molecule has 0 aliphatic heterocycles. The topological polar surface area (TPSA) is 98.7 Å². The molecular weight excluding hydrogens is 332 g/mol. The van der Waals surface area contributed by atoms with Crippen LogP contribution in [0.15, 0.2) is 47.0 Å². The third-order valence-corrected chi connectivity index (χ3v) is 3.95. The number of hydrogen-bond acceptors (Lipinski definition) is 6. The van der Waals surface area contributed by atoms with Gasteiger partial charge in [-0.25, -0.2) is 4.68 Å². The first-order chi connectivity index (χ1) is 12.6. The molecule has 0 spiro atoms. The van der Waals surface area contributed by atoms with E-state index in [-0.39, 0.29) is 5.91 Å². The largest absolute Gasteiger partial charge is 0.334 e. The molecule has 0 saturated carbocycles. The van der Waals surface area contributed by atoms with Gasteiger partial charge in [-0.3, -0.25) is 4.79 Å². The van der Waals surface area contributed by atoms with Crippen LogP contribution in [0, 0.1) is 0 Å². The van der Waals surface area contributed by atoms with E-state index in [0.29, 0.717) is 17.4 Å². The predicted molar refractivity (Wildman–Crippen MR) is 96.2 cm³/mol. The van der Waals surface area contributed by atoms with Crippen molar-refractivity contribution in [2.45, 2.75) is 20.4 Å². The summed E-state index contributed by atoms with van der Waals surface area (Å²) < 4.78 is 7.21. The number of carbonyl (C=O) groups excluding carboxylic acids is 1. The van der Waals surface area contributed by atoms with E-state index in [1.54, 1.807) is 12.1 Å². The van der Waals surface area contributed by atoms with Gasteiger partial charge in [-0.05, 0) is 49.4 Å². The maximum atomic E-state index is 11.1. The Morgan fingerprint density at radius 3 is 2.65 bits per heavy atom. The smallest absolute Gasteiger partial charge is 0.258 e. The van der Waals surface area contributed by atoms with E-state index in [0.717, 1.165) is 28.7 Å². The van der Waals surface area contributed by atoms with E-state index in [2.05, 4.69) is 25.8 Å². The van der Waals surface area contributed by atoms with Gasteiger partial charge in [0.1, 0.15) is 5.52 Å². The van der Waals surface area contributed by atoms with Crippen LogP contribution in [0.25, 0.3) is 33.9 Å². The number of aryl methyl sites for hydroxylation is 1. The summed E-state index contributed by atoms with van der Waals surface area (Å²) in [5.41, 5.74) is 4.05. The molecule has 1 N–H and O–H groups in total. The molecule has 0 bridgehead atoms. The number of carbonyl (C=O) groups is 1. The maximum absolute atomic E-state index is 11.1. The van der Waals surface area contributed by atoms with Gasteiger partial charge in [0.25, 0.3) is 5.89 Å². The fraction of sp³-hybridized carbons (Fsp3) is 0.167. The quantitative estimate of drug-likeness (QED) is 0.608. The lowest BCUT2D eigenvalue weighted by Crippen LogP contribution is -2.05. The van der Waals surface area contributed by atoms with Crippen LogP contribution in [0.2, 0.25) is 0 Å². The summed E-state index contributed by atoms with van der Waals surface area (Å²) in [5.74, 6) is 0.777. The summed E-state index contributed by atoms with van der Waals surface area (Å²) in [6.45, 7) is 4.25. The van der Waals surface area contributed by atoms with Gasteiger partial charge in [-0.15, -0.1) is 5.10 Å². The average molecular weight is 348 g/mol. The van der Waals surface area contributed by atoms with E-state index in [4.69, 9.17) is 4.52 Å². The van der Waals surface area contributed by atoms with Crippen LogP contribution < -0.4 is 5.32 Å². The van der Waals surface area contributed by atoms with Gasteiger partial charge in [0.15, 0.2) is 0 Å². The number of nitrogens with one attached hydrogen (secondary N) is 1. The highest BCUT2D eigenvalue weighted by Crippen LogP contribution is 2.25. The number of aromatic nitrogens is 5. The molecule has 0 fully saturated rings. The summed E-state index contributed by atoms with van der Waals surface area (Å²) in [5, 5.41) is 15.0. The van der Waals surface area contributed by atoms with Crippen molar-refractivity contribution in [3.8, 4) is 22.8 Å². The number of rotatable bonds is 4. The van der Waals surface area contributed by atoms with Crippen LogP contribution in [0.1, 0.15) is 13.8 Å². The lowest BCUT2D eigenvalue weighted by Gasteiger charge is -2.01. The molecule has 0 unspecified atom stereocenters. The summed E-state index contributed by atoms with van der Waals surface area (Å²) in [6, 6.07) is 13.0. The van der Waals surface area contributed by atoms with Crippen LogP contribution >= 0.6 is 0 Å². The van der Waals surface area contributed by atoms with Crippen LogP contribution in [0.4, 0.5) is 5.69 Å². The molecule has 0 atom stereocenters. The minimum Gasteiger partial charge on any atom is -0.334 e. The lowest BCUT2D eigenvalue weighted by atomic mass is 10.2. The van der Waals surface area contributed by atoms with Crippen molar-refractivity contribution in [3.63, 3.8) is 0 Å². The number of anilines is 1. The minimum absolute atomic E-state index is 0.117. The molecule has 2 aromatic carbocycles. The van der Waals surface area contributed by atoms with Gasteiger partial charge in [0.2, 0.25) is 11.7 Å². The molecule has 4 aromatic rings. The Balaban J connectivity index is 1.62. The lowest BCUT2D eigenvalue weighted by molar-refractivity contribution is -0.114. The van der Waals surface area contributed by atoms with Crippen LogP contribution in [-0.2, 0) is 11.3 Å². The second-order valence-corrected chi connectivity index (χ2v) is 5.79. The zero-order valence-electron chi connectivity index (χ0n) is 14.3. The Kier molecular flexibility index (Phi) is 3.92. The number of hydrogen-bond donors (Lipinski definition) is 1. The highest BCUT2D eigenvalue weighted by molar-refractivity contribution is 5.88. The van der Waals surface area contributed by atoms with Crippen LogP contribution in [-0.4, -0.2) is 31.0 Å². The molecule has 2 aromatic heterocycles. The number of benzene rings is 2. The van der Waals surface area contributed by atoms with Gasteiger partial charge >= 0.3 is 0 Å². The number of fused-ring (bicyclic) bond motifs is 1. The molecule has 8 heteroatoms. The summed E-state index contributed by atoms with van der Waals surface area (Å²) >= 11 is 0. The Bertz CT molecular complexity index is 1080.